The first kappa shape index (κ1) is 12.1. The van der Waals surface area contributed by atoms with E-state index in [2.05, 4.69) is 15.3 Å². The van der Waals surface area contributed by atoms with Gasteiger partial charge in [-0.2, -0.15) is 0 Å². The van der Waals surface area contributed by atoms with E-state index in [1.807, 2.05) is 6.92 Å². The van der Waals surface area contributed by atoms with E-state index in [-0.39, 0.29) is 23.3 Å². The summed E-state index contributed by atoms with van der Waals surface area (Å²) in [5.74, 6) is -1.68. The van der Waals surface area contributed by atoms with Crippen LogP contribution in [-0.2, 0) is 4.79 Å². The molecule has 16 heavy (non-hydrogen) atoms. The summed E-state index contributed by atoms with van der Waals surface area (Å²) >= 11 is 0. The number of carbonyl (C=O) groups excluding carboxylic acids is 1. The van der Waals surface area contributed by atoms with Crippen LogP contribution in [0.1, 0.15) is 30.8 Å². The van der Waals surface area contributed by atoms with Crippen LogP contribution in [0.4, 0.5) is 5.82 Å². The molecule has 0 fully saturated rings. The predicted molar refractivity (Wildman–Crippen MR) is 57.1 cm³/mol. The zero-order chi connectivity index (χ0) is 12.1. The molecule has 1 aromatic rings. The maximum Gasteiger partial charge on any atom is 0.358 e. The van der Waals surface area contributed by atoms with E-state index in [1.54, 1.807) is 6.92 Å². The van der Waals surface area contributed by atoms with Crippen molar-refractivity contribution in [2.75, 3.05) is 5.32 Å². The molecule has 0 aliphatic heterocycles. The highest BCUT2D eigenvalue weighted by atomic mass is 16.4. The highest BCUT2D eigenvalue weighted by molar-refractivity contribution is 5.98. The van der Waals surface area contributed by atoms with Gasteiger partial charge in [-0.3, -0.25) is 4.79 Å². The second kappa shape index (κ2) is 5.20. The van der Waals surface area contributed by atoms with Crippen molar-refractivity contribution in [1.82, 2.24) is 9.97 Å². The smallest absolute Gasteiger partial charge is 0.358 e. The second-order valence-electron chi connectivity index (χ2n) is 3.36. The number of aromatic carboxylic acids is 1. The number of nitrogens with zero attached hydrogens (tertiary/aromatic N) is 2. The lowest BCUT2D eigenvalue weighted by Gasteiger charge is -2.09. The van der Waals surface area contributed by atoms with Crippen LogP contribution in [0, 0.1) is 5.92 Å². The van der Waals surface area contributed by atoms with Crippen LogP contribution in [0.25, 0.3) is 0 Å². The maximum absolute atomic E-state index is 11.5. The molecule has 1 rings (SSSR count). The van der Waals surface area contributed by atoms with Gasteiger partial charge in [0, 0.05) is 18.3 Å². The minimum Gasteiger partial charge on any atom is -0.476 e. The Kier molecular flexibility index (Phi) is 3.93. The molecule has 1 amide bonds. The van der Waals surface area contributed by atoms with Crippen molar-refractivity contribution in [3.8, 4) is 0 Å². The van der Waals surface area contributed by atoms with Crippen molar-refractivity contribution < 1.29 is 14.7 Å². The van der Waals surface area contributed by atoms with Gasteiger partial charge in [-0.1, -0.05) is 13.8 Å². The fourth-order valence-corrected chi connectivity index (χ4v) is 1.01. The number of aromatic nitrogens is 2. The van der Waals surface area contributed by atoms with Crippen molar-refractivity contribution in [2.45, 2.75) is 20.3 Å². The van der Waals surface area contributed by atoms with E-state index < -0.39 is 5.97 Å². The van der Waals surface area contributed by atoms with Gasteiger partial charge in [0.25, 0.3) is 0 Å². The SMILES string of the molecule is CCC(C)C(=O)Nc1nccnc1C(=O)O. The first-order valence-corrected chi connectivity index (χ1v) is 4.91. The molecular formula is C10H13N3O3. The number of nitrogens with one attached hydrogen (secondary N) is 1. The molecule has 0 aliphatic carbocycles. The molecule has 6 nitrogen and oxygen atoms in total. The Balaban J connectivity index is 2.89. The molecule has 6 heteroatoms. The second-order valence-corrected chi connectivity index (χ2v) is 3.36. The number of rotatable bonds is 4. The third-order valence-electron chi connectivity index (χ3n) is 2.20. The Morgan fingerprint density at radius 2 is 2.06 bits per heavy atom. The molecule has 0 saturated heterocycles. The summed E-state index contributed by atoms with van der Waals surface area (Å²) < 4.78 is 0. The highest BCUT2D eigenvalue weighted by Crippen LogP contribution is 2.11. The van der Waals surface area contributed by atoms with Gasteiger partial charge in [0.1, 0.15) is 0 Å². The number of carboxylic acids is 1. The lowest BCUT2D eigenvalue weighted by molar-refractivity contribution is -0.119. The fraction of sp³-hybridized carbons (Fsp3) is 0.400. The molecule has 0 saturated carbocycles. The molecule has 86 valence electrons. The summed E-state index contributed by atoms with van der Waals surface area (Å²) in [6, 6.07) is 0. The van der Waals surface area contributed by atoms with Gasteiger partial charge in [-0.25, -0.2) is 14.8 Å². The van der Waals surface area contributed by atoms with Gasteiger partial charge in [0.15, 0.2) is 11.5 Å². The van der Waals surface area contributed by atoms with E-state index in [4.69, 9.17) is 5.11 Å². The molecule has 0 bridgehead atoms. The summed E-state index contributed by atoms with van der Waals surface area (Å²) in [7, 11) is 0. The van der Waals surface area contributed by atoms with Crippen LogP contribution in [0.3, 0.4) is 0 Å². The molecule has 2 N–H and O–H groups in total. The zero-order valence-electron chi connectivity index (χ0n) is 9.10. The number of carboxylic acid groups (broad SMARTS) is 1. The Morgan fingerprint density at radius 3 is 2.62 bits per heavy atom. The molecule has 1 heterocycles. The van der Waals surface area contributed by atoms with E-state index in [1.165, 1.54) is 12.4 Å². The molecule has 0 radical (unpaired) electrons. The maximum atomic E-state index is 11.5. The monoisotopic (exact) mass is 223 g/mol. The van der Waals surface area contributed by atoms with Gasteiger partial charge in [-0.15, -0.1) is 0 Å². The van der Waals surface area contributed by atoms with Crippen molar-refractivity contribution in [3.05, 3.63) is 18.1 Å². The number of hydrogen-bond acceptors (Lipinski definition) is 4. The first-order valence-electron chi connectivity index (χ1n) is 4.91. The van der Waals surface area contributed by atoms with Gasteiger partial charge in [0.2, 0.25) is 5.91 Å². The van der Waals surface area contributed by atoms with Gasteiger partial charge in [0.05, 0.1) is 0 Å². The van der Waals surface area contributed by atoms with Crippen molar-refractivity contribution in [1.29, 1.82) is 0 Å². The third-order valence-corrected chi connectivity index (χ3v) is 2.20. The lowest BCUT2D eigenvalue weighted by Crippen LogP contribution is -2.22. The normalized spacial score (nSPS) is 11.9. The van der Waals surface area contributed by atoms with Gasteiger partial charge >= 0.3 is 5.97 Å². The van der Waals surface area contributed by atoms with Crippen LogP contribution < -0.4 is 5.32 Å². The zero-order valence-corrected chi connectivity index (χ0v) is 9.10. The van der Waals surface area contributed by atoms with Crippen molar-refractivity contribution in [3.63, 3.8) is 0 Å². The van der Waals surface area contributed by atoms with Crippen molar-refractivity contribution in [2.24, 2.45) is 5.92 Å². The fourth-order valence-electron chi connectivity index (χ4n) is 1.01. The number of hydrogen-bond donors (Lipinski definition) is 2. The summed E-state index contributed by atoms with van der Waals surface area (Å²) in [5.41, 5.74) is -0.251. The topological polar surface area (TPSA) is 92.2 Å². The van der Waals surface area contributed by atoms with Crippen molar-refractivity contribution >= 4 is 17.7 Å². The summed E-state index contributed by atoms with van der Waals surface area (Å²) in [4.78, 5) is 29.8. The highest BCUT2D eigenvalue weighted by Gasteiger charge is 2.17. The molecule has 1 unspecified atom stereocenters. The summed E-state index contributed by atoms with van der Waals surface area (Å²) in [5, 5.41) is 11.3. The summed E-state index contributed by atoms with van der Waals surface area (Å²) in [6.45, 7) is 3.63. The number of carbonyl (C=O) groups is 2. The van der Waals surface area contributed by atoms with E-state index >= 15 is 0 Å². The molecule has 1 atom stereocenters. The Labute approximate surface area is 92.7 Å². The quantitative estimate of drug-likeness (QED) is 0.799. The minimum absolute atomic E-state index is 0.0136. The largest absolute Gasteiger partial charge is 0.476 e. The Hall–Kier alpha value is -1.98. The molecular weight excluding hydrogens is 210 g/mol. The van der Waals surface area contributed by atoms with Gasteiger partial charge < -0.3 is 10.4 Å². The minimum atomic E-state index is -1.22. The van der Waals surface area contributed by atoms with E-state index in [0.717, 1.165) is 0 Å². The third kappa shape index (κ3) is 2.75. The molecule has 0 spiro atoms. The Morgan fingerprint density at radius 1 is 1.44 bits per heavy atom. The van der Waals surface area contributed by atoms with Crippen LogP contribution in [0.2, 0.25) is 0 Å². The van der Waals surface area contributed by atoms with Crippen LogP contribution in [0.5, 0.6) is 0 Å². The van der Waals surface area contributed by atoms with Crippen LogP contribution >= 0.6 is 0 Å². The van der Waals surface area contributed by atoms with Gasteiger partial charge in [-0.05, 0) is 6.42 Å². The molecule has 0 aliphatic rings. The van der Waals surface area contributed by atoms with E-state index in [9.17, 15) is 9.59 Å². The number of amides is 1. The average Bonchev–Trinajstić information content (AvgIpc) is 2.28. The summed E-state index contributed by atoms with van der Waals surface area (Å²) in [6.07, 6.45) is 3.27. The Bertz CT molecular complexity index is 406. The molecule has 0 aromatic carbocycles. The predicted octanol–water partition coefficient (Wildman–Crippen LogP) is 1.16. The molecule has 1 aromatic heterocycles. The first-order chi connectivity index (χ1) is 7.56. The lowest BCUT2D eigenvalue weighted by atomic mass is 10.1. The van der Waals surface area contributed by atoms with E-state index in [0.29, 0.717) is 6.42 Å². The number of anilines is 1. The van der Waals surface area contributed by atoms with Crippen LogP contribution in [-0.4, -0.2) is 27.0 Å². The standard InChI is InChI=1S/C10H13N3O3/c1-3-6(2)9(14)13-8-7(10(15)16)11-4-5-12-8/h4-6H,3H2,1-2H3,(H,15,16)(H,12,13,14). The average molecular weight is 223 g/mol. The van der Waals surface area contributed by atoms with Crippen LogP contribution in [0.15, 0.2) is 12.4 Å².